The second kappa shape index (κ2) is 19.0. The van der Waals surface area contributed by atoms with Crippen molar-refractivity contribution < 1.29 is 9.53 Å². The molecule has 0 spiro atoms. The molecule has 0 aromatic heterocycles. The van der Waals surface area contributed by atoms with Crippen molar-refractivity contribution in [3.63, 3.8) is 0 Å². The maximum absolute atomic E-state index is 12.8. The van der Waals surface area contributed by atoms with Gasteiger partial charge in [0.1, 0.15) is 6.10 Å². The second-order valence-electron chi connectivity index (χ2n) is 17.3. The molecule has 3 fully saturated rings. The fourth-order valence-electron chi connectivity index (χ4n) is 10.4. The summed E-state index contributed by atoms with van der Waals surface area (Å²) in [7, 11) is 0. The summed E-state index contributed by atoms with van der Waals surface area (Å²) in [5.41, 5.74) is 2.66. The van der Waals surface area contributed by atoms with Gasteiger partial charge < -0.3 is 4.74 Å². The third-order valence-corrected chi connectivity index (χ3v) is 13.9. The van der Waals surface area contributed by atoms with E-state index in [1.807, 2.05) is 5.57 Å². The first-order valence-corrected chi connectivity index (χ1v) is 20.6. The summed E-state index contributed by atoms with van der Waals surface area (Å²) in [6.45, 7) is 16.9. The van der Waals surface area contributed by atoms with Crippen molar-refractivity contribution in [2.24, 2.45) is 52.3 Å². The van der Waals surface area contributed by atoms with Crippen LogP contribution < -0.4 is 0 Å². The Hall–Kier alpha value is -1.83. The topological polar surface area (TPSA) is 26.3 Å². The lowest BCUT2D eigenvalue weighted by Gasteiger charge is -2.58. The Bertz CT molecular complexity index is 1140. The zero-order valence-corrected chi connectivity index (χ0v) is 32.4. The molecular weight excluding hydrogens is 585 g/mol. The molecule has 0 saturated heterocycles. The van der Waals surface area contributed by atoms with Crippen molar-refractivity contribution in [3.8, 4) is 0 Å². The maximum atomic E-state index is 12.8. The van der Waals surface area contributed by atoms with E-state index < -0.39 is 0 Å². The van der Waals surface area contributed by atoms with Gasteiger partial charge in [0.15, 0.2) is 0 Å². The van der Waals surface area contributed by atoms with E-state index in [4.69, 9.17) is 4.74 Å². The van der Waals surface area contributed by atoms with Crippen LogP contribution in [0, 0.1) is 52.3 Å². The van der Waals surface area contributed by atoms with Crippen LogP contribution in [0.1, 0.15) is 164 Å². The highest BCUT2D eigenvalue weighted by molar-refractivity contribution is 5.69. The Morgan fingerprint density at radius 1 is 0.812 bits per heavy atom. The van der Waals surface area contributed by atoms with Gasteiger partial charge in [0, 0.05) is 6.42 Å². The Balaban J connectivity index is 1.15. The maximum Gasteiger partial charge on any atom is 0.306 e. The summed E-state index contributed by atoms with van der Waals surface area (Å²) in [4.78, 5) is 12.8. The van der Waals surface area contributed by atoms with Crippen LogP contribution in [0.4, 0.5) is 0 Å². The van der Waals surface area contributed by atoms with Crippen LogP contribution in [0.5, 0.6) is 0 Å². The van der Waals surface area contributed by atoms with E-state index in [0.29, 0.717) is 40.9 Å². The largest absolute Gasteiger partial charge is 0.462 e. The Morgan fingerprint density at radius 3 is 2.27 bits per heavy atom. The van der Waals surface area contributed by atoms with Gasteiger partial charge in [-0.15, -0.1) is 0 Å². The van der Waals surface area contributed by atoms with Crippen molar-refractivity contribution in [1.29, 1.82) is 0 Å². The third-order valence-electron chi connectivity index (χ3n) is 13.9. The number of ether oxygens (including phenoxy) is 1. The molecule has 9 atom stereocenters. The van der Waals surface area contributed by atoms with Gasteiger partial charge in [-0.2, -0.15) is 0 Å². The van der Waals surface area contributed by atoms with Crippen LogP contribution in [0.3, 0.4) is 0 Å². The number of rotatable bonds is 18. The van der Waals surface area contributed by atoms with Gasteiger partial charge in [-0.25, -0.2) is 0 Å². The van der Waals surface area contributed by atoms with E-state index in [-0.39, 0.29) is 12.1 Å². The summed E-state index contributed by atoms with van der Waals surface area (Å²) in [5.74, 6) is 5.06. The van der Waals surface area contributed by atoms with Gasteiger partial charge in [-0.05, 0) is 149 Å². The van der Waals surface area contributed by atoms with E-state index >= 15 is 0 Å². The van der Waals surface area contributed by atoms with Crippen molar-refractivity contribution in [2.45, 2.75) is 170 Å². The minimum Gasteiger partial charge on any atom is -0.462 e. The molecule has 0 heterocycles. The van der Waals surface area contributed by atoms with E-state index in [9.17, 15) is 4.79 Å². The molecule has 48 heavy (non-hydrogen) atoms. The summed E-state index contributed by atoms with van der Waals surface area (Å²) < 4.78 is 6.14. The fraction of sp³-hybridized carbons (Fsp3) is 0.761. The first kappa shape index (κ1) is 39.0. The zero-order valence-electron chi connectivity index (χ0n) is 32.4. The van der Waals surface area contributed by atoms with Crippen molar-refractivity contribution >= 4 is 5.97 Å². The minimum atomic E-state index is 0.0498. The number of unbranched alkanes of at least 4 members (excludes halogenated alkanes) is 6. The van der Waals surface area contributed by atoms with Crippen molar-refractivity contribution in [2.75, 3.05) is 0 Å². The Labute approximate surface area is 297 Å². The molecule has 4 rings (SSSR count). The van der Waals surface area contributed by atoms with Gasteiger partial charge in [0.25, 0.3) is 0 Å². The average molecular weight is 659 g/mol. The number of carbonyl (C=O) groups is 1. The molecule has 0 aromatic carbocycles. The molecule has 4 aliphatic rings. The lowest BCUT2D eigenvalue weighted by Crippen LogP contribution is -2.50. The smallest absolute Gasteiger partial charge is 0.306 e. The number of hydrogen-bond donors (Lipinski definition) is 0. The quantitative estimate of drug-likeness (QED) is 0.0832. The van der Waals surface area contributed by atoms with E-state index in [1.54, 1.807) is 0 Å². The molecule has 0 aliphatic heterocycles. The normalized spacial score (nSPS) is 33.3. The molecule has 0 aromatic rings. The molecule has 9 unspecified atom stereocenters. The predicted molar refractivity (Wildman–Crippen MR) is 207 cm³/mol. The summed E-state index contributed by atoms with van der Waals surface area (Å²) >= 11 is 0. The standard InChI is InChI=1S/C46H74O2/c1-8-9-10-11-12-13-14-15-16-17-18-19-20-21-22-23-44(47)48-39-30-32-45(6)38(34-39)26-27-40-42-29-28-41(46(42,7)33-31-43(40)45)37(5)25-24-36(4)35(2)3/h8-9,12-13,15-16,24-25,27,35-39,41-43H,10-11,14,17-23,26,28-34H2,1-7H3. The molecule has 0 N–H and O–H groups in total. The second-order valence-corrected chi connectivity index (χ2v) is 17.3. The summed E-state index contributed by atoms with van der Waals surface area (Å²) in [6.07, 6.45) is 42.4. The highest BCUT2D eigenvalue weighted by Crippen LogP contribution is 2.67. The van der Waals surface area contributed by atoms with Crippen LogP contribution >= 0.6 is 0 Å². The first-order valence-electron chi connectivity index (χ1n) is 20.6. The number of fused-ring (bicyclic) bond motifs is 5. The Morgan fingerprint density at radius 2 is 1.50 bits per heavy atom. The van der Waals surface area contributed by atoms with Gasteiger partial charge in [-0.1, -0.05) is 121 Å². The Kier molecular flexibility index (Phi) is 15.4. The van der Waals surface area contributed by atoms with Gasteiger partial charge in [-0.3, -0.25) is 4.79 Å². The number of esters is 1. The number of hydrogen-bond acceptors (Lipinski definition) is 2. The predicted octanol–water partition coefficient (Wildman–Crippen LogP) is 13.6. The average Bonchev–Trinajstić information content (AvgIpc) is 3.42. The molecule has 270 valence electrons. The van der Waals surface area contributed by atoms with Crippen LogP contribution in [-0.4, -0.2) is 12.1 Å². The lowest BCUT2D eigenvalue weighted by atomic mass is 9.47. The van der Waals surface area contributed by atoms with Crippen LogP contribution in [0.25, 0.3) is 0 Å². The zero-order chi connectivity index (χ0) is 34.6. The SMILES string of the molecule is CC=CCCC=CCC=CCCCCCCCC(=O)OC1CCC2(C)C(CC=C3C2CCC2(C)C3CCC2C(C)C=CC(C)C(C)C)C1. The van der Waals surface area contributed by atoms with Crippen LogP contribution in [0.2, 0.25) is 0 Å². The van der Waals surface area contributed by atoms with Crippen molar-refractivity contribution in [3.05, 3.63) is 60.3 Å². The molecular formula is C46H74O2. The molecule has 2 heteroatoms. The first-order chi connectivity index (χ1) is 23.1. The highest BCUT2D eigenvalue weighted by atomic mass is 16.5. The molecule has 0 radical (unpaired) electrons. The van der Waals surface area contributed by atoms with Gasteiger partial charge >= 0.3 is 5.97 Å². The van der Waals surface area contributed by atoms with E-state index in [0.717, 1.165) is 62.7 Å². The molecule has 0 bridgehead atoms. The van der Waals surface area contributed by atoms with Crippen molar-refractivity contribution in [1.82, 2.24) is 0 Å². The molecule has 0 amide bonds. The number of carbonyl (C=O) groups excluding carboxylic acids is 1. The summed E-state index contributed by atoms with van der Waals surface area (Å²) in [5, 5.41) is 0. The molecule has 4 aliphatic carbocycles. The van der Waals surface area contributed by atoms with Crippen LogP contribution in [-0.2, 0) is 9.53 Å². The van der Waals surface area contributed by atoms with E-state index in [1.165, 1.54) is 64.2 Å². The minimum absolute atomic E-state index is 0.0498. The number of allylic oxidation sites excluding steroid dienone is 10. The molecule has 2 nitrogen and oxygen atoms in total. The van der Waals surface area contributed by atoms with Crippen LogP contribution in [0.15, 0.2) is 60.3 Å². The highest BCUT2D eigenvalue weighted by Gasteiger charge is 2.58. The monoisotopic (exact) mass is 659 g/mol. The van der Waals surface area contributed by atoms with Gasteiger partial charge in [0.05, 0.1) is 0 Å². The summed E-state index contributed by atoms with van der Waals surface area (Å²) in [6, 6.07) is 0. The molecule has 3 saturated carbocycles. The fourth-order valence-corrected chi connectivity index (χ4v) is 10.4. The third kappa shape index (κ3) is 10.1. The lowest BCUT2D eigenvalue weighted by molar-refractivity contribution is -0.155. The van der Waals surface area contributed by atoms with E-state index in [2.05, 4.69) is 103 Å². The van der Waals surface area contributed by atoms with Gasteiger partial charge in [0.2, 0.25) is 0 Å².